The zero-order valence-corrected chi connectivity index (χ0v) is 13.0. The van der Waals surface area contributed by atoms with Gasteiger partial charge in [0, 0.05) is 12.0 Å². The second kappa shape index (κ2) is 6.20. The van der Waals surface area contributed by atoms with Crippen molar-refractivity contribution in [1.29, 1.82) is 0 Å². The maximum Gasteiger partial charge on any atom is 0.233 e. The standard InChI is InChI=1S/C16H26N2O/c1-11-7-8-14(13(3)12(11)2)16(4,5)10-18-15(19)9-17-6/h7-8,17H,9-10H2,1-6H3,(H,18,19). The molecule has 3 heteroatoms. The first kappa shape index (κ1) is 15.7. The summed E-state index contributed by atoms with van der Waals surface area (Å²) in [6.07, 6.45) is 0. The van der Waals surface area contributed by atoms with Gasteiger partial charge in [-0.05, 0) is 50.1 Å². The van der Waals surface area contributed by atoms with E-state index in [0.717, 1.165) is 0 Å². The summed E-state index contributed by atoms with van der Waals surface area (Å²) in [7, 11) is 1.78. The summed E-state index contributed by atoms with van der Waals surface area (Å²) < 4.78 is 0. The molecule has 0 radical (unpaired) electrons. The normalized spacial score (nSPS) is 11.5. The Morgan fingerprint density at radius 1 is 1.16 bits per heavy atom. The van der Waals surface area contributed by atoms with E-state index in [4.69, 9.17) is 0 Å². The quantitative estimate of drug-likeness (QED) is 0.854. The minimum absolute atomic E-state index is 0.0389. The van der Waals surface area contributed by atoms with Gasteiger partial charge >= 0.3 is 0 Å². The zero-order chi connectivity index (χ0) is 14.6. The number of nitrogens with one attached hydrogen (secondary N) is 2. The van der Waals surface area contributed by atoms with Crippen molar-refractivity contribution in [3.05, 3.63) is 34.4 Å². The molecule has 19 heavy (non-hydrogen) atoms. The van der Waals surface area contributed by atoms with Crippen LogP contribution in [0.5, 0.6) is 0 Å². The van der Waals surface area contributed by atoms with Crippen LogP contribution in [0.2, 0.25) is 0 Å². The fourth-order valence-electron chi connectivity index (χ4n) is 2.33. The molecule has 0 aliphatic carbocycles. The lowest BCUT2D eigenvalue weighted by Crippen LogP contribution is -2.40. The van der Waals surface area contributed by atoms with Gasteiger partial charge in [0.1, 0.15) is 0 Å². The molecule has 0 atom stereocenters. The molecule has 0 heterocycles. The van der Waals surface area contributed by atoms with E-state index in [1.165, 1.54) is 22.3 Å². The molecule has 0 aromatic heterocycles. The third-order valence-corrected chi connectivity index (χ3v) is 3.85. The van der Waals surface area contributed by atoms with E-state index in [9.17, 15) is 4.79 Å². The van der Waals surface area contributed by atoms with Gasteiger partial charge < -0.3 is 10.6 Å². The van der Waals surface area contributed by atoms with Crippen molar-refractivity contribution in [2.45, 2.75) is 40.0 Å². The van der Waals surface area contributed by atoms with Crippen LogP contribution in [0.25, 0.3) is 0 Å². The lowest BCUT2D eigenvalue weighted by Gasteiger charge is -2.28. The Morgan fingerprint density at radius 2 is 1.79 bits per heavy atom. The van der Waals surface area contributed by atoms with Gasteiger partial charge in [0.15, 0.2) is 0 Å². The highest BCUT2D eigenvalue weighted by molar-refractivity contribution is 5.78. The van der Waals surface area contributed by atoms with Gasteiger partial charge in [-0.1, -0.05) is 26.0 Å². The third kappa shape index (κ3) is 3.80. The van der Waals surface area contributed by atoms with E-state index in [1.54, 1.807) is 7.05 Å². The Bertz CT molecular complexity index is 464. The third-order valence-electron chi connectivity index (χ3n) is 3.85. The molecule has 0 spiro atoms. The predicted octanol–water partition coefficient (Wildman–Crippen LogP) is 2.23. The molecule has 1 amide bonds. The molecular weight excluding hydrogens is 236 g/mol. The van der Waals surface area contributed by atoms with Crippen LogP contribution in [0.1, 0.15) is 36.1 Å². The second-order valence-corrected chi connectivity index (χ2v) is 5.87. The van der Waals surface area contributed by atoms with Crippen molar-refractivity contribution >= 4 is 5.91 Å². The highest BCUT2D eigenvalue weighted by Crippen LogP contribution is 2.28. The highest BCUT2D eigenvalue weighted by atomic mass is 16.1. The fraction of sp³-hybridized carbons (Fsp3) is 0.562. The molecule has 2 N–H and O–H groups in total. The van der Waals surface area contributed by atoms with Crippen molar-refractivity contribution in [1.82, 2.24) is 10.6 Å². The molecule has 0 fully saturated rings. The van der Waals surface area contributed by atoms with Gasteiger partial charge in [0.05, 0.1) is 6.54 Å². The van der Waals surface area contributed by atoms with Crippen LogP contribution < -0.4 is 10.6 Å². The van der Waals surface area contributed by atoms with Gasteiger partial charge in [-0.25, -0.2) is 0 Å². The molecule has 0 unspecified atom stereocenters. The van der Waals surface area contributed by atoms with Gasteiger partial charge in [0.2, 0.25) is 5.91 Å². The van der Waals surface area contributed by atoms with E-state index in [0.29, 0.717) is 13.1 Å². The SMILES string of the molecule is CNCC(=O)NCC(C)(C)c1ccc(C)c(C)c1C. The first-order valence-electron chi connectivity index (χ1n) is 6.78. The van der Waals surface area contributed by atoms with Crippen molar-refractivity contribution in [2.24, 2.45) is 0 Å². The van der Waals surface area contributed by atoms with Gasteiger partial charge in [0.25, 0.3) is 0 Å². The number of amides is 1. The number of carbonyl (C=O) groups excluding carboxylic acids is 1. The van der Waals surface area contributed by atoms with E-state index in [-0.39, 0.29) is 11.3 Å². The number of aryl methyl sites for hydroxylation is 1. The summed E-state index contributed by atoms with van der Waals surface area (Å²) in [6, 6.07) is 4.34. The second-order valence-electron chi connectivity index (χ2n) is 5.87. The zero-order valence-electron chi connectivity index (χ0n) is 13.0. The molecule has 106 valence electrons. The minimum Gasteiger partial charge on any atom is -0.354 e. The van der Waals surface area contributed by atoms with Crippen molar-refractivity contribution in [2.75, 3.05) is 20.1 Å². The molecule has 0 aliphatic heterocycles. The van der Waals surface area contributed by atoms with Crippen LogP contribution in [-0.2, 0) is 10.2 Å². The van der Waals surface area contributed by atoms with Crippen molar-refractivity contribution in [3.8, 4) is 0 Å². The van der Waals surface area contributed by atoms with Crippen LogP contribution in [0, 0.1) is 20.8 Å². The highest BCUT2D eigenvalue weighted by Gasteiger charge is 2.24. The summed E-state index contributed by atoms with van der Waals surface area (Å²) in [5, 5.41) is 5.84. The van der Waals surface area contributed by atoms with Crippen molar-refractivity contribution < 1.29 is 4.79 Å². The number of rotatable bonds is 5. The van der Waals surface area contributed by atoms with Crippen LogP contribution >= 0.6 is 0 Å². The largest absolute Gasteiger partial charge is 0.354 e. The Morgan fingerprint density at radius 3 is 2.37 bits per heavy atom. The molecule has 1 aromatic rings. The fourth-order valence-corrected chi connectivity index (χ4v) is 2.33. The summed E-state index contributed by atoms with van der Waals surface area (Å²) in [6.45, 7) is 11.8. The maximum atomic E-state index is 11.6. The molecule has 1 rings (SSSR count). The monoisotopic (exact) mass is 262 g/mol. The molecular formula is C16H26N2O. The molecule has 0 bridgehead atoms. The number of benzene rings is 1. The summed E-state index contributed by atoms with van der Waals surface area (Å²) >= 11 is 0. The number of hydrogen-bond acceptors (Lipinski definition) is 2. The Balaban J connectivity index is 2.88. The summed E-state index contributed by atoms with van der Waals surface area (Å²) in [5.41, 5.74) is 5.22. The van der Waals surface area contributed by atoms with E-state index in [2.05, 4.69) is 57.4 Å². The van der Waals surface area contributed by atoms with Crippen LogP contribution in [-0.4, -0.2) is 26.0 Å². The van der Waals surface area contributed by atoms with Crippen molar-refractivity contribution in [3.63, 3.8) is 0 Å². The predicted molar refractivity (Wildman–Crippen MR) is 80.6 cm³/mol. The topological polar surface area (TPSA) is 41.1 Å². The van der Waals surface area contributed by atoms with E-state index < -0.39 is 0 Å². The van der Waals surface area contributed by atoms with E-state index >= 15 is 0 Å². The average Bonchev–Trinajstić information content (AvgIpc) is 2.34. The molecule has 0 saturated heterocycles. The summed E-state index contributed by atoms with van der Waals surface area (Å²) in [5.74, 6) is 0.0389. The van der Waals surface area contributed by atoms with Crippen LogP contribution in [0.15, 0.2) is 12.1 Å². The lowest BCUT2D eigenvalue weighted by atomic mass is 9.80. The lowest BCUT2D eigenvalue weighted by molar-refractivity contribution is -0.120. The molecule has 3 nitrogen and oxygen atoms in total. The van der Waals surface area contributed by atoms with Crippen LogP contribution in [0.4, 0.5) is 0 Å². The van der Waals surface area contributed by atoms with Gasteiger partial charge in [-0.15, -0.1) is 0 Å². The number of carbonyl (C=O) groups is 1. The Labute approximate surface area is 116 Å². The minimum atomic E-state index is -0.0635. The first-order chi connectivity index (χ1) is 8.79. The molecule has 0 saturated carbocycles. The molecule has 1 aromatic carbocycles. The molecule has 0 aliphatic rings. The van der Waals surface area contributed by atoms with Gasteiger partial charge in [-0.2, -0.15) is 0 Å². The smallest absolute Gasteiger partial charge is 0.233 e. The van der Waals surface area contributed by atoms with E-state index in [1.807, 2.05) is 0 Å². The number of hydrogen-bond donors (Lipinski definition) is 2. The number of likely N-dealkylation sites (N-methyl/N-ethyl adjacent to an activating group) is 1. The summed E-state index contributed by atoms with van der Waals surface area (Å²) in [4.78, 5) is 11.6. The van der Waals surface area contributed by atoms with Crippen LogP contribution in [0.3, 0.4) is 0 Å². The first-order valence-corrected chi connectivity index (χ1v) is 6.78. The average molecular weight is 262 g/mol. The maximum absolute atomic E-state index is 11.6. The van der Waals surface area contributed by atoms with Gasteiger partial charge in [-0.3, -0.25) is 4.79 Å². The Kier molecular flexibility index (Phi) is 5.12. The Hall–Kier alpha value is -1.35.